The number of nitrogens with one attached hydrogen (secondary N) is 1. The molecule has 1 N–H and O–H groups in total. The highest BCUT2D eigenvalue weighted by Gasteiger charge is 2.22. The lowest BCUT2D eigenvalue weighted by atomic mass is 10.2. The SMILES string of the molecule is CCc1ccc(S(=O)(=O)N(C)CC(=O)NC(C)C)cc1. The van der Waals surface area contributed by atoms with Crippen LogP contribution in [-0.4, -0.2) is 38.3 Å². The smallest absolute Gasteiger partial charge is 0.243 e. The second kappa shape index (κ2) is 6.85. The van der Waals surface area contributed by atoms with Crippen LogP contribution < -0.4 is 5.32 Å². The van der Waals surface area contributed by atoms with Gasteiger partial charge in [-0.3, -0.25) is 4.79 Å². The van der Waals surface area contributed by atoms with Crippen LogP contribution in [0.2, 0.25) is 0 Å². The minimum absolute atomic E-state index is 0.0116. The molecule has 0 heterocycles. The molecule has 5 nitrogen and oxygen atoms in total. The molecule has 0 radical (unpaired) electrons. The van der Waals surface area contributed by atoms with Gasteiger partial charge in [-0.15, -0.1) is 0 Å². The fraction of sp³-hybridized carbons (Fsp3) is 0.500. The number of rotatable bonds is 6. The van der Waals surface area contributed by atoms with E-state index in [1.54, 1.807) is 24.3 Å². The second-order valence-corrected chi connectivity index (χ2v) is 7.03. The Morgan fingerprint density at radius 1 is 1.25 bits per heavy atom. The number of sulfonamides is 1. The molecule has 0 aromatic heterocycles. The summed E-state index contributed by atoms with van der Waals surface area (Å²) < 4.78 is 25.7. The molecule has 0 atom stereocenters. The summed E-state index contributed by atoms with van der Waals surface area (Å²) in [4.78, 5) is 11.8. The normalized spacial score (nSPS) is 11.9. The lowest BCUT2D eigenvalue weighted by Crippen LogP contribution is -2.40. The first-order valence-electron chi connectivity index (χ1n) is 6.62. The van der Waals surface area contributed by atoms with Crippen molar-refractivity contribution >= 4 is 15.9 Å². The van der Waals surface area contributed by atoms with E-state index < -0.39 is 10.0 Å². The van der Waals surface area contributed by atoms with Gasteiger partial charge in [0.2, 0.25) is 15.9 Å². The van der Waals surface area contributed by atoms with E-state index in [9.17, 15) is 13.2 Å². The molecule has 0 spiro atoms. The zero-order chi connectivity index (χ0) is 15.3. The summed E-state index contributed by atoms with van der Waals surface area (Å²) in [7, 11) is -2.22. The molecule has 1 amide bonds. The van der Waals surface area contributed by atoms with E-state index in [1.165, 1.54) is 7.05 Å². The summed E-state index contributed by atoms with van der Waals surface area (Å²) in [5, 5.41) is 2.67. The lowest BCUT2D eigenvalue weighted by molar-refractivity contribution is -0.121. The number of likely N-dealkylation sites (N-methyl/N-ethyl adjacent to an activating group) is 1. The van der Waals surface area contributed by atoms with Gasteiger partial charge in [0.1, 0.15) is 0 Å². The van der Waals surface area contributed by atoms with E-state index in [-0.39, 0.29) is 23.4 Å². The highest BCUT2D eigenvalue weighted by Crippen LogP contribution is 2.15. The summed E-state index contributed by atoms with van der Waals surface area (Å²) in [5.74, 6) is -0.309. The average molecular weight is 298 g/mol. The number of benzene rings is 1. The van der Waals surface area contributed by atoms with Crippen LogP contribution in [-0.2, 0) is 21.2 Å². The lowest BCUT2D eigenvalue weighted by Gasteiger charge is -2.18. The Balaban J connectivity index is 2.83. The largest absolute Gasteiger partial charge is 0.353 e. The summed E-state index contributed by atoms with van der Waals surface area (Å²) in [5.41, 5.74) is 1.07. The predicted octanol–water partition coefficient (Wildman–Crippen LogP) is 1.39. The molecule has 0 aliphatic rings. The molecule has 20 heavy (non-hydrogen) atoms. The third-order valence-electron chi connectivity index (χ3n) is 2.86. The van der Waals surface area contributed by atoms with Crippen LogP contribution in [0, 0.1) is 0 Å². The van der Waals surface area contributed by atoms with Crippen molar-refractivity contribution in [2.75, 3.05) is 13.6 Å². The van der Waals surface area contributed by atoms with Crippen LogP contribution in [0.3, 0.4) is 0 Å². The number of carbonyl (C=O) groups is 1. The van der Waals surface area contributed by atoms with E-state index in [2.05, 4.69) is 5.32 Å². The topological polar surface area (TPSA) is 66.5 Å². The Bertz CT molecular complexity index is 550. The van der Waals surface area contributed by atoms with Crippen molar-refractivity contribution in [2.45, 2.75) is 38.1 Å². The van der Waals surface area contributed by atoms with Crippen LogP contribution in [0.25, 0.3) is 0 Å². The van der Waals surface area contributed by atoms with Crippen LogP contribution >= 0.6 is 0 Å². The Labute approximate surface area is 121 Å². The van der Waals surface area contributed by atoms with Crippen molar-refractivity contribution in [1.82, 2.24) is 9.62 Å². The molecule has 0 unspecified atom stereocenters. The number of hydrogen-bond acceptors (Lipinski definition) is 3. The summed E-state index contributed by atoms with van der Waals surface area (Å²) in [6.45, 7) is 5.48. The molecular weight excluding hydrogens is 276 g/mol. The average Bonchev–Trinajstić information content (AvgIpc) is 2.37. The minimum Gasteiger partial charge on any atom is -0.353 e. The standard InChI is InChI=1S/C14H22N2O3S/c1-5-12-6-8-13(9-7-12)20(18,19)16(4)10-14(17)15-11(2)3/h6-9,11H,5,10H2,1-4H3,(H,15,17). The van der Waals surface area contributed by atoms with Gasteiger partial charge in [-0.25, -0.2) is 8.42 Å². The maximum atomic E-state index is 12.3. The van der Waals surface area contributed by atoms with E-state index in [0.29, 0.717) is 0 Å². The zero-order valence-corrected chi connectivity index (χ0v) is 13.2. The van der Waals surface area contributed by atoms with Crippen molar-refractivity contribution in [3.05, 3.63) is 29.8 Å². The van der Waals surface area contributed by atoms with Crippen molar-refractivity contribution in [3.8, 4) is 0 Å². The van der Waals surface area contributed by atoms with Crippen LogP contribution in [0.4, 0.5) is 0 Å². The molecule has 0 bridgehead atoms. The summed E-state index contributed by atoms with van der Waals surface area (Å²) in [6.07, 6.45) is 0.854. The third kappa shape index (κ3) is 4.31. The number of carbonyl (C=O) groups excluding carboxylic acids is 1. The van der Waals surface area contributed by atoms with Gasteiger partial charge in [0.25, 0.3) is 0 Å². The molecule has 1 aromatic carbocycles. The number of hydrogen-bond donors (Lipinski definition) is 1. The third-order valence-corrected chi connectivity index (χ3v) is 4.67. The second-order valence-electron chi connectivity index (χ2n) is 4.98. The maximum Gasteiger partial charge on any atom is 0.243 e. The fourth-order valence-electron chi connectivity index (χ4n) is 1.73. The highest BCUT2D eigenvalue weighted by molar-refractivity contribution is 7.89. The summed E-state index contributed by atoms with van der Waals surface area (Å²) in [6, 6.07) is 6.71. The molecule has 6 heteroatoms. The minimum atomic E-state index is -3.62. The quantitative estimate of drug-likeness (QED) is 0.863. The molecule has 1 rings (SSSR count). The highest BCUT2D eigenvalue weighted by atomic mass is 32.2. The monoisotopic (exact) mass is 298 g/mol. The van der Waals surface area contributed by atoms with Gasteiger partial charge in [-0.05, 0) is 38.0 Å². The number of amides is 1. The van der Waals surface area contributed by atoms with Gasteiger partial charge in [-0.1, -0.05) is 19.1 Å². The van der Waals surface area contributed by atoms with Gasteiger partial charge in [0, 0.05) is 13.1 Å². The molecular formula is C14H22N2O3S. The molecule has 0 fully saturated rings. The number of aryl methyl sites for hydroxylation is 1. The van der Waals surface area contributed by atoms with E-state index in [0.717, 1.165) is 16.3 Å². The van der Waals surface area contributed by atoms with Crippen molar-refractivity contribution in [2.24, 2.45) is 0 Å². The Morgan fingerprint density at radius 3 is 2.25 bits per heavy atom. The first kappa shape index (κ1) is 16.7. The maximum absolute atomic E-state index is 12.3. The Kier molecular flexibility index (Phi) is 5.71. The van der Waals surface area contributed by atoms with Crippen LogP contribution in [0.5, 0.6) is 0 Å². The van der Waals surface area contributed by atoms with E-state index in [4.69, 9.17) is 0 Å². The fourth-order valence-corrected chi connectivity index (χ4v) is 2.86. The van der Waals surface area contributed by atoms with Gasteiger partial charge in [0.05, 0.1) is 11.4 Å². The molecule has 1 aromatic rings. The van der Waals surface area contributed by atoms with Crippen LogP contribution in [0.15, 0.2) is 29.2 Å². The predicted molar refractivity (Wildman–Crippen MR) is 78.9 cm³/mol. The molecule has 0 aliphatic carbocycles. The molecule has 0 saturated carbocycles. The van der Waals surface area contributed by atoms with Crippen molar-refractivity contribution in [3.63, 3.8) is 0 Å². The zero-order valence-electron chi connectivity index (χ0n) is 12.4. The van der Waals surface area contributed by atoms with E-state index >= 15 is 0 Å². The van der Waals surface area contributed by atoms with Gasteiger partial charge in [-0.2, -0.15) is 4.31 Å². The molecule has 0 saturated heterocycles. The molecule has 112 valence electrons. The van der Waals surface area contributed by atoms with Gasteiger partial charge < -0.3 is 5.32 Å². The Hall–Kier alpha value is -1.40. The van der Waals surface area contributed by atoms with Crippen molar-refractivity contribution in [1.29, 1.82) is 0 Å². The first-order chi connectivity index (χ1) is 9.27. The van der Waals surface area contributed by atoms with E-state index in [1.807, 2.05) is 20.8 Å². The van der Waals surface area contributed by atoms with Crippen LogP contribution in [0.1, 0.15) is 26.3 Å². The van der Waals surface area contributed by atoms with Gasteiger partial charge >= 0.3 is 0 Å². The molecule has 0 aliphatic heterocycles. The van der Waals surface area contributed by atoms with Crippen molar-refractivity contribution < 1.29 is 13.2 Å². The van der Waals surface area contributed by atoms with Gasteiger partial charge in [0.15, 0.2) is 0 Å². The number of nitrogens with zero attached hydrogens (tertiary/aromatic N) is 1. The Morgan fingerprint density at radius 2 is 1.80 bits per heavy atom. The first-order valence-corrected chi connectivity index (χ1v) is 8.06. The summed E-state index contributed by atoms with van der Waals surface area (Å²) >= 11 is 0.